The molecule has 0 aliphatic heterocycles. The van der Waals surface area contributed by atoms with Crippen molar-refractivity contribution in [1.82, 2.24) is 9.97 Å². The van der Waals surface area contributed by atoms with Crippen LogP contribution >= 0.6 is 0 Å². The molecular weight excluding hydrogens is 262 g/mol. The monoisotopic (exact) mass is 291 g/mol. The first-order valence-electron chi connectivity index (χ1n) is 8.23. The minimum Gasteiger partial charge on any atom is -0.388 e. The number of hydrogen-bond donors (Lipinski definition) is 2. The lowest BCUT2D eigenvalue weighted by Gasteiger charge is -2.36. The predicted molar refractivity (Wildman–Crippen MR) is 86.5 cm³/mol. The average molecular weight is 291 g/mol. The summed E-state index contributed by atoms with van der Waals surface area (Å²) in [6, 6.07) is 1.95. The zero-order valence-corrected chi connectivity index (χ0v) is 13.8. The second kappa shape index (κ2) is 6.73. The van der Waals surface area contributed by atoms with Crippen LogP contribution in [0.2, 0.25) is 0 Å². The molecule has 0 bridgehead atoms. The quantitative estimate of drug-likeness (QED) is 0.869. The third kappa shape index (κ3) is 4.40. The molecule has 1 aliphatic carbocycles. The summed E-state index contributed by atoms with van der Waals surface area (Å²) in [6.45, 7) is 9.00. The Labute approximate surface area is 128 Å². The molecule has 0 spiro atoms. The minimum atomic E-state index is -0.581. The highest BCUT2D eigenvalue weighted by molar-refractivity contribution is 5.36. The fraction of sp³-hybridized carbons (Fsp3) is 0.765. The van der Waals surface area contributed by atoms with Gasteiger partial charge in [-0.25, -0.2) is 9.97 Å². The lowest BCUT2D eigenvalue weighted by molar-refractivity contribution is 0.00222. The Morgan fingerprint density at radius 1 is 1.33 bits per heavy atom. The minimum absolute atomic E-state index is 0.313. The zero-order chi connectivity index (χ0) is 15.5. The molecule has 1 saturated carbocycles. The molecule has 0 aromatic carbocycles. The van der Waals surface area contributed by atoms with Crippen molar-refractivity contribution < 1.29 is 5.11 Å². The largest absolute Gasteiger partial charge is 0.388 e. The van der Waals surface area contributed by atoms with Crippen molar-refractivity contribution >= 4 is 5.82 Å². The van der Waals surface area contributed by atoms with Crippen LogP contribution < -0.4 is 5.32 Å². The Bertz CT molecular complexity index is 465. The van der Waals surface area contributed by atoms with Crippen LogP contribution in [0.15, 0.2) is 6.07 Å². The molecule has 118 valence electrons. The number of nitrogens with zero attached hydrogens (tertiary/aromatic N) is 2. The van der Waals surface area contributed by atoms with E-state index in [0.717, 1.165) is 48.9 Å². The predicted octanol–water partition coefficient (Wildman–Crippen LogP) is 3.65. The molecular formula is C17H29N3O. The second-order valence-corrected chi connectivity index (χ2v) is 6.84. The van der Waals surface area contributed by atoms with Gasteiger partial charge in [0.15, 0.2) is 0 Å². The summed E-state index contributed by atoms with van der Waals surface area (Å²) in [4.78, 5) is 9.00. The molecule has 2 rings (SSSR count). The van der Waals surface area contributed by atoms with Gasteiger partial charge in [0.25, 0.3) is 0 Å². The molecule has 0 amide bonds. The molecule has 0 saturated heterocycles. The topological polar surface area (TPSA) is 58.0 Å². The molecule has 1 aliphatic rings. The standard InChI is InChI=1S/C17H29N3O/c1-5-14-6-8-17(21,9-7-14)11-18-15-10-13(4)19-16(20-15)12(2)3/h10,12,14,21H,5-9,11H2,1-4H3,(H,18,19,20). The van der Waals surface area contributed by atoms with Crippen LogP contribution in [0.4, 0.5) is 5.82 Å². The van der Waals surface area contributed by atoms with Crippen molar-refractivity contribution in [2.45, 2.75) is 71.3 Å². The van der Waals surface area contributed by atoms with Gasteiger partial charge in [-0.15, -0.1) is 0 Å². The highest BCUT2D eigenvalue weighted by atomic mass is 16.3. The average Bonchev–Trinajstić information content (AvgIpc) is 2.45. The van der Waals surface area contributed by atoms with Gasteiger partial charge in [-0.05, 0) is 38.5 Å². The van der Waals surface area contributed by atoms with E-state index in [1.807, 2.05) is 13.0 Å². The number of aryl methyl sites for hydroxylation is 1. The van der Waals surface area contributed by atoms with Gasteiger partial charge in [0.2, 0.25) is 0 Å². The summed E-state index contributed by atoms with van der Waals surface area (Å²) in [5.74, 6) is 2.80. The van der Waals surface area contributed by atoms with E-state index in [-0.39, 0.29) is 0 Å². The number of anilines is 1. The summed E-state index contributed by atoms with van der Waals surface area (Å²) >= 11 is 0. The van der Waals surface area contributed by atoms with Crippen molar-refractivity contribution in [2.24, 2.45) is 5.92 Å². The third-order valence-electron chi connectivity index (χ3n) is 4.60. The second-order valence-electron chi connectivity index (χ2n) is 6.84. The van der Waals surface area contributed by atoms with Crippen molar-refractivity contribution in [1.29, 1.82) is 0 Å². The maximum atomic E-state index is 10.7. The third-order valence-corrected chi connectivity index (χ3v) is 4.60. The summed E-state index contributed by atoms with van der Waals surface area (Å²) in [5, 5.41) is 14.0. The molecule has 2 N–H and O–H groups in total. The van der Waals surface area contributed by atoms with Crippen molar-refractivity contribution in [3.8, 4) is 0 Å². The van der Waals surface area contributed by atoms with E-state index in [9.17, 15) is 5.11 Å². The van der Waals surface area contributed by atoms with Gasteiger partial charge in [-0.3, -0.25) is 0 Å². The number of rotatable bonds is 5. The van der Waals surface area contributed by atoms with Gasteiger partial charge in [0.05, 0.1) is 5.60 Å². The van der Waals surface area contributed by atoms with E-state index in [1.165, 1.54) is 6.42 Å². The van der Waals surface area contributed by atoms with Crippen LogP contribution in [0.25, 0.3) is 0 Å². The summed E-state index contributed by atoms with van der Waals surface area (Å²) in [6.07, 6.45) is 5.27. The van der Waals surface area contributed by atoms with Crippen molar-refractivity contribution in [3.05, 3.63) is 17.6 Å². The van der Waals surface area contributed by atoms with Gasteiger partial charge in [0, 0.05) is 24.2 Å². The number of aromatic nitrogens is 2. The van der Waals surface area contributed by atoms with E-state index in [4.69, 9.17) is 0 Å². The Balaban J connectivity index is 1.96. The molecule has 21 heavy (non-hydrogen) atoms. The van der Waals surface area contributed by atoms with Gasteiger partial charge >= 0.3 is 0 Å². The zero-order valence-electron chi connectivity index (χ0n) is 13.8. The van der Waals surface area contributed by atoms with E-state index < -0.39 is 5.60 Å². The molecule has 4 nitrogen and oxygen atoms in total. The maximum Gasteiger partial charge on any atom is 0.133 e. The maximum absolute atomic E-state index is 10.7. The van der Waals surface area contributed by atoms with E-state index >= 15 is 0 Å². The Kier molecular flexibility index (Phi) is 5.20. The summed E-state index contributed by atoms with van der Waals surface area (Å²) < 4.78 is 0. The van der Waals surface area contributed by atoms with E-state index in [1.54, 1.807) is 0 Å². The first-order chi connectivity index (χ1) is 9.92. The Hall–Kier alpha value is -1.16. The molecule has 0 unspecified atom stereocenters. The van der Waals surface area contributed by atoms with Gasteiger partial charge in [0.1, 0.15) is 11.6 Å². The highest BCUT2D eigenvalue weighted by Crippen LogP contribution is 2.33. The van der Waals surface area contributed by atoms with Gasteiger partial charge in [-0.2, -0.15) is 0 Å². The van der Waals surface area contributed by atoms with Crippen LogP contribution in [0.5, 0.6) is 0 Å². The van der Waals surface area contributed by atoms with Gasteiger partial charge in [-0.1, -0.05) is 27.2 Å². The first-order valence-corrected chi connectivity index (χ1v) is 8.23. The lowest BCUT2D eigenvalue weighted by Crippen LogP contribution is -2.40. The fourth-order valence-electron chi connectivity index (χ4n) is 3.00. The SMILES string of the molecule is CCC1CCC(O)(CNc2cc(C)nc(C(C)C)n2)CC1. The number of hydrogen-bond acceptors (Lipinski definition) is 4. The first kappa shape index (κ1) is 16.2. The normalized spacial score (nSPS) is 26.1. The molecule has 4 heteroatoms. The Morgan fingerprint density at radius 3 is 2.57 bits per heavy atom. The van der Waals surface area contributed by atoms with Crippen LogP contribution in [0, 0.1) is 12.8 Å². The van der Waals surface area contributed by atoms with Crippen LogP contribution in [-0.2, 0) is 0 Å². The molecule has 0 radical (unpaired) electrons. The summed E-state index contributed by atoms with van der Waals surface area (Å²) in [5.41, 5.74) is 0.389. The van der Waals surface area contributed by atoms with Crippen molar-refractivity contribution in [3.63, 3.8) is 0 Å². The molecule has 1 aromatic rings. The number of nitrogens with one attached hydrogen (secondary N) is 1. The van der Waals surface area contributed by atoms with Crippen LogP contribution in [0.3, 0.4) is 0 Å². The van der Waals surface area contributed by atoms with E-state index in [2.05, 4.69) is 36.1 Å². The fourth-order valence-corrected chi connectivity index (χ4v) is 3.00. The molecule has 1 fully saturated rings. The molecule has 1 heterocycles. The molecule has 0 atom stereocenters. The smallest absolute Gasteiger partial charge is 0.133 e. The number of aliphatic hydroxyl groups is 1. The van der Waals surface area contributed by atoms with E-state index in [0.29, 0.717) is 12.5 Å². The lowest BCUT2D eigenvalue weighted by atomic mass is 9.78. The Morgan fingerprint density at radius 2 is 2.00 bits per heavy atom. The molecule has 1 aromatic heterocycles. The van der Waals surface area contributed by atoms with Crippen molar-refractivity contribution in [2.75, 3.05) is 11.9 Å². The van der Waals surface area contributed by atoms with Crippen LogP contribution in [-0.4, -0.2) is 27.2 Å². The van der Waals surface area contributed by atoms with Gasteiger partial charge < -0.3 is 10.4 Å². The summed E-state index contributed by atoms with van der Waals surface area (Å²) in [7, 11) is 0. The van der Waals surface area contributed by atoms with Crippen LogP contribution in [0.1, 0.15) is 70.3 Å². The highest BCUT2D eigenvalue weighted by Gasteiger charge is 2.32.